The Kier molecular flexibility index (Phi) is 3.26. The van der Waals surface area contributed by atoms with E-state index in [2.05, 4.69) is 21.8 Å². The van der Waals surface area contributed by atoms with Crippen molar-refractivity contribution in [2.75, 3.05) is 0 Å². The fourth-order valence-electron chi connectivity index (χ4n) is 0.218. The van der Waals surface area contributed by atoms with Crippen molar-refractivity contribution in [3.05, 3.63) is 0 Å². The lowest BCUT2D eigenvalue weighted by Crippen LogP contribution is -2.13. The van der Waals surface area contributed by atoms with Crippen LogP contribution < -0.4 is 5.14 Å². The van der Waals surface area contributed by atoms with Crippen LogP contribution in [0, 0.1) is 0 Å². The number of nitrogens with two attached hydrogens (primary N) is 1. The van der Waals surface area contributed by atoms with Crippen LogP contribution in [0.2, 0.25) is 0 Å². The van der Waals surface area contributed by atoms with Crippen LogP contribution in [0.1, 0.15) is 0 Å². The first-order valence-electron chi connectivity index (χ1n) is 2.02. The number of rotatable bonds is 3. The molecule has 2 N–H and O–H groups in total. The predicted octanol–water partition coefficient (Wildman–Crippen LogP) is -1.17. The molecule has 7 heteroatoms. The zero-order chi connectivity index (χ0) is 8.20. The van der Waals surface area contributed by atoms with Crippen LogP contribution in [0.15, 0.2) is 4.40 Å². The van der Waals surface area contributed by atoms with Crippen LogP contribution in [-0.4, -0.2) is 25.8 Å². The molecule has 56 valence electrons. The average molecular weight is 180 g/mol. The first-order chi connectivity index (χ1) is 4.49. The van der Waals surface area contributed by atoms with Crippen LogP contribution in [0.3, 0.4) is 0 Å². The van der Waals surface area contributed by atoms with Crippen molar-refractivity contribution in [3.8, 4) is 0 Å². The summed E-state index contributed by atoms with van der Waals surface area (Å²) in [5, 5.41) is 5.28. The van der Waals surface area contributed by atoms with Gasteiger partial charge < -0.3 is 0 Å². The summed E-state index contributed by atoms with van der Waals surface area (Å²) >= 11 is 4.23. The van der Waals surface area contributed by atoms with Gasteiger partial charge >= 0.3 is 10.2 Å². The summed E-state index contributed by atoms with van der Waals surface area (Å²) < 4.78 is 23.0. The molecule has 0 amide bonds. The molecule has 0 aliphatic rings. The Balaban J connectivity index is 4.75. The van der Waals surface area contributed by atoms with Gasteiger partial charge in [0.1, 0.15) is 5.71 Å². The molecule has 0 fully saturated rings. The average Bonchev–Trinajstić information content (AvgIpc) is 1.81. The quantitative estimate of drug-likeness (QED) is 0.336. The van der Waals surface area contributed by atoms with E-state index in [0.29, 0.717) is 0 Å². The van der Waals surface area contributed by atoms with E-state index in [1.54, 1.807) is 0 Å². The fourth-order valence-corrected chi connectivity index (χ4v) is 0.782. The molecule has 0 spiro atoms. The van der Waals surface area contributed by atoms with Crippen LogP contribution in [0.25, 0.3) is 0 Å². The van der Waals surface area contributed by atoms with Gasteiger partial charge in [-0.15, -0.1) is 4.40 Å². The van der Waals surface area contributed by atoms with Crippen LogP contribution in [0.5, 0.6) is 0 Å². The van der Waals surface area contributed by atoms with E-state index in [-0.39, 0.29) is 12.0 Å². The molecular formula is C3H4N2O3S2. The molecular weight excluding hydrogens is 176 g/mol. The molecule has 5 nitrogen and oxygen atoms in total. The number of hydrogen-bond donors (Lipinski definition) is 1. The molecule has 0 aromatic heterocycles. The maximum Gasteiger partial charge on any atom is 0.317 e. The van der Waals surface area contributed by atoms with Crippen LogP contribution in [-0.2, 0) is 15.0 Å². The molecule has 0 saturated carbocycles. The molecule has 0 saturated heterocycles. The number of nitrogens with zero attached hydrogens (tertiary/aromatic N) is 1. The number of carbonyl (C=O) groups excluding carboxylic acids is 1. The second kappa shape index (κ2) is 3.49. The molecule has 0 heterocycles. The normalized spacial score (nSPS) is 12.7. The number of carbonyl (C=O) groups is 1. The van der Waals surface area contributed by atoms with E-state index in [1.807, 2.05) is 0 Å². The summed E-state index contributed by atoms with van der Waals surface area (Å²) in [6.07, 6.45) is 0.206. The Bertz CT molecular complexity index is 255. The van der Waals surface area contributed by atoms with E-state index in [4.69, 9.17) is 0 Å². The predicted molar refractivity (Wildman–Crippen MR) is 40.3 cm³/mol. The summed E-state index contributed by atoms with van der Waals surface area (Å²) in [4.78, 5) is 9.87. The van der Waals surface area contributed by atoms with Gasteiger partial charge in [0, 0.05) is 5.37 Å². The van der Waals surface area contributed by atoms with Crippen molar-refractivity contribution in [3.63, 3.8) is 0 Å². The molecule has 0 aromatic carbocycles. The summed E-state index contributed by atoms with van der Waals surface area (Å²) in [6, 6.07) is 0. The first-order valence-corrected chi connectivity index (χ1v) is 4.00. The van der Waals surface area contributed by atoms with E-state index in [1.165, 1.54) is 0 Å². The van der Waals surface area contributed by atoms with Gasteiger partial charge in [-0.2, -0.15) is 8.42 Å². The molecule has 0 aliphatic carbocycles. The van der Waals surface area contributed by atoms with E-state index < -0.39 is 10.2 Å². The fraction of sp³-hybridized carbons (Fsp3) is 0. The molecule has 0 bridgehead atoms. The highest BCUT2D eigenvalue weighted by molar-refractivity contribution is 7.88. The Hall–Kier alpha value is -0.660. The van der Waals surface area contributed by atoms with E-state index in [9.17, 15) is 13.2 Å². The van der Waals surface area contributed by atoms with Gasteiger partial charge in [-0.3, -0.25) is 4.79 Å². The molecule has 0 aromatic rings. The van der Waals surface area contributed by atoms with Gasteiger partial charge in [-0.05, 0) is 0 Å². The summed E-state index contributed by atoms with van der Waals surface area (Å²) in [7, 11) is -3.99. The maximum atomic E-state index is 10.1. The third-order valence-corrected chi connectivity index (χ3v) is 1.18. The van der Waals surface area contributed by atoms with Crippen LogP contribution in [0.4, 0.5) is 0 Å². The second-order valence-electron chi connectivity index (χ2n) is 1.27. The molecule has 10 heavy (non-hydrogen) atoms. The lowest BCUT2D eigenvalue weighted by Gasteiger charge is -1.85. The van der Waals surface area contributed by atoms with Crippen molar-refractivity contribution in [2.24, 2.45) is 9.54 Å². The minimum Gasteiger partial charge on any atom is -0.296 e. The van der Waals surface area contributed by atoms with Crippen molar-refractivity contribution >= 4 is 39.8 Å². The largest absolute Gasteiger partial charge is 0.317 e. The smallest absolute Gasteiger partial charge is 0.296 e. The Morgan fingerprint density at radius 2 is 2.10 bits per heavy atom. The molecule has 0 unspecified atom stereocenters. The highest BCUT2D eigenvalue weighted by Gasteiger charge is 1.98. The minimum atomic E-state index is -3.99. The summed E-state index contributed by atoms with van der Waals surface area (Å²) in [5.41, 5.74) is -0.377. The third-order valence-electron chi connectivity index (χ3n) is 0.474. The lowest BCUT2D eigenvalue weighted by molar-refractivity contribution is -0.102. The van der Waals surface area contributed by atoms with Crippen molar-refractivity contribution in [1.82, 2.24) is 0 Å². The molecule has 0 aliphatic heterocycles. The highest BCUT2D eigenvalue weighted by atomic mass is 32.2. The minimum absolute atomic E-state index is 0.206. The topological polar surface area (TPSA) is 89.6 Å². The lowest BCUT2D eigenvalue weighted by atomic mass is 10.5. The second-order valence-corrected chi connectivity index (χ2v) is 2.72. The zero-order valence-corrected chi connectivity index (χ0v) is 6.35. The van der Waals surface area contributed by atoms with Gasteiger partial charge in [0.05, 0.1) is 0 Å². The van der Waals surface area contributed by atoms with Crippen LogP contribution >= 0.6 is 12.2 Å². The van der Waals surface area contributed by atoms with E-state index in [0.717, 1.165) is 5.37 Å². The molecule has 0 radical (unpaired) electrons. The van der Waals surface area contributed by atoms with Crippen molar-refractivity contribution < 1.29 is 13.2 Å². The van der Waals surface area contributed by atoms with Gasteiger partial charge in [-0.1, -0.05) is 12.2 Å². The summed E-state index contributed by atoms with van der Waals surface area (Å²) in [5.74, 6) is 0. The van der Waals surface area contributed by atoms with Gasteiger partial charge in [0.15, 0.2) is 6.29 Å². The Morgan fingerprint density at radius 3 is 2.20 bits per heavy atom. The molecule has 0 atom stereocenters. The Labute approximate surface area is 63.1 Å². The third kappa shape index (κ3) is 4.24. The van der Waals surface area contributed by atoms with Gasteiger partial charge in [-0.25, -0.2) is 5.14 Å². The maximum absolute atomic E-state index is 10.1. The van der Waals surface area contributed by atoms with Gasteiger partial charge in [0.25, 0.3) is 0 Å². The highest BCUT2D eigenvalue weighted by Crippen LogP contribution is 1.79. The SMILES string of the molecule is NS(=O)(=O)N=C(C=O)C=S. The number of aldehydes is 1. The molecule has 0 rings (SSSR count). The monoisotopic (exact) mass is 180 g/mol. The zero-order valence-electron chi connectivity index (χ0n) is 4.72. The standard InChI is InChI=1S/C3H4N2O3S2/c4-10(7,8)5-3(1-6)2-9/h1-2H,(H2,4,7,8). The number of thiocarbonyl (C=S) groups is 1. The van der Waals surface area contributed by atoms with Gasteiger partial charge in [0.2, 0.25) is 0 Å². The first kappa shape index (κ1) is 9.34. The summed E-state index contributed by atoms with van der Waals surface area (Å²) in [6.45, 7) is 0. The van der Waals surface area contributed by atoms with E-state index >= 15 is 0 Å². The van der Waals surface area contributed by atoms with Crippen molar-refractivity contribution in [2.45, 2.75) is 0 Å². The Morgan fingerprint density at radius 1 is 1.60 bits per heavy atom. The van der Waals surface area contributed by atoms with Crippen molar-refractivity contribution in [1.29, 1.82) is 0 Å². The number of hydrogen-bond acceptors (Lipinski definition) is 4.